The van der Waals surface area contributed by atoms with Crippen molar-refractivity contribution in [3.05, 3.63) is 35.5 Å². The van der Waals surface area contributed by atoms with Crippen molar-refractivity contribution in [2.24, 2.45) is 5.84 Å². The first-order valence-electron chi connectivity index (χ1n) is 5.52. The number of ether oxygens (including phenoxy) is 1. The second kappa shape index (κ2) is 5.73. The molecule has 0 spiro atoms. The molecule has 0 amide bonds. The fourth-order valence-electron chi connectivity index (χ4n) is 1.59. The summed E-state index contributed by atoms with van der Waals surface area (Å²) in [5.41, 5.74) is 3.31. The van der Waals surface area contributed by atoms with Gasteiger partial charge in [-0.05, 0) is 24.3 Å². The lowest BCUT2D eigenvalue weighted by Gasteiger charge is -2.20. The highest BCUT2D eigenvalue weighted by Crippen LogP contribution is 2.29. The zero-order valence-electron chi connectivity index (χ0n) is 10.6. The molecule has 1 heterocycles. The summed E-state index contributed by atoms with van der Waals surface area (Å²) in [5.74, 6) is 6.95. The molecular weight excluding hydrogens is 266 g/mol. The van der Waals surface area contributed by atoms with Gasteiger partial charge in [0.15, 0.2) is 5.82 Å². The number of nitrogens with zero attached hydrogens (tertiary/aromatic N) is 3. The van der Waals surface area contributed by atoms with Crippen molar-refractivity contribution in [1.29, 1.82) is 0 Å². The first-order chi connectivity index (χ1) is 9.15. The van der Waals surface area contributed by atoms with Gasteiger partial charge in [0.25, 0.3) is 0 Å². The molecule has 19 heavy (non-hydrogen) atoms. The molecule has 0 radical (unpaired) electrons. The van der Waals surface area contributed by atoms with Gasteiger partial charge >= 0.3 is 0 Å². The van der Waals surface area contributed by atoms with Crippen LogP contribution in [-0.2, 0) is 0 Å². The van der Waals surface area contributed by atoms with Crippen molar-refractivity contribution >= 4 is 29.1 Å². The van der Waals surface area contributed by atoms with Gasteiger partial charge in [-0.25, -0.2) is 10.8 Å². The maximum absolute atomic E-state index is 6.10. The number of halogens is 1. The van der Waals surface area contributed by atoms with E-state index in [0.29, 0.717) is 16.8 Å². The lowest BCUT2D eigenvalue weighted by atomic mass is 10.3. The average molecular weight is 280 g/mol. The topological polar surface area (TPSA) is 76.3 Å². The van der Waals surface area contributed by atoms with Gasteiger partial charge in [0.05, 0.1) is 13.3 Å². The van der Waals surface area contributed by atoms with Crippen LogP contribution in [0.5, 0.6) is 5.75 Å². The van der Waals surface area contributed by atoms with Gasteiger partial charge in [-0.3, -0.25) is 5.43 Å². The first-order valence-corrected chi connectivity index (χ1v) is 5.90. The molecule has 0 saturated carbocycles. The van der Waals surface area contributed by atoms with Gasteiger partial charge in [0.1, 0.15) is 10.8 Å². The van der Waals surface area contributed by atoms with E-state index in [2.05, 4.69) is 15.4 Å². The van der Waals surface area contributed by atoms with Gasteiger partial charge in [0, 0.05) is 12.7 Å². The van der Waals surface area contributed by atoms with Crippen molar-refractivity contribution in [2.75, 3.05) is 24.5 Å². The van der Waals surface area contributed by atoms with Crippen LogP contribution in [0, 0.1) is 0 Å². The average Bonchev–Trinajstić information content (AvgIpc) is 2.47. The van der Waals surface area contributed by atoms with Crippen LogP contribution in [0.25, 0.3) is 0 Å². The van der Waals surface area contributed by atoms with Crippen LogP contribution >= 0.6 is 11.6 Å². The number of hydrogen-bond donors (Lipinski definition) is 2. The molecule has 3 N–H and O–H groups in total. The molecule has 0 aliphatic heterocycles. The van der Waals surface area contributed by atoms with Crippen molar-refractivity contribution in [1.82, 2.24) is 9.97 Å². The van der Waals surface area contributed by atoms with E-state index in [4.69, 9.17) is 22.2 Å². The second-order valence-electron chi connectivity index (χ2n) is 3.77. The Balaban J connectivity index is 2.34. The van der Waals surface area contributed by atoms with Crippen LogP contribution in [0.2, 0.25) is 5.02 Å². The first kappa shape index (κ1) is 13.4. The third kappa shape index (κ3) is 2.86. The fourth-order valence-corrected chi connectivity index (χ4v) is 1.81. The zero-order valence-corrected chi connectivity index (χ0v) is 11.3. The molecular formula is C12H14ClN5O. The Morgan fingerprint density at radius 3 is 2.58 bits per heavy atom. The number of aromatic nitrogens is 2. The number of nitrogens with one attached hydrogen (secondary N) is 1. The maximum atomic E-state index is 6.10. The number of nitrogen functional groups attached to an aromatic ring is 1. The molecule has 0 unspecified atom stereocenters. The van der Waals surface area contributed by atoms with E-state index in [1.54, 1.807) is 7.11 Å². The van der Waals surface area contributed by atoms with E-state index in [0.717, 1.165) is 11.4 Å². The van der Waals surface area contributed by atoms with Gasteiger partial charge in [-0.15, -0.1) is 0 Å². The number of hydrogen-bond acceptors (Lipinski definition) is 6. The predicted molar refractivity (Wildman–Crippen MR) is 75.9 cm³/mol. The van der Waals surface area contributed by atoms with E-state index >= 15 is 0 Å². The SMILES string of the molecule is COc1ccc(N(C)c2nc(NN)ncc2Cl)cc1. The minimum absolute atomic E-state index is 0.305. The molecule has 0 aliphatic carbocycles. The molecule has 0 aliphatic rings. The van der Waals surface area contributed by atoms with Crippen LogP contribution in [-0.4, -0.2) is 24.1 Å². The zero-order chi connectivity index (χ0) is 13.8. The molecule has 2 aromatic rings. The maximum Gasteiger partial charge on any atom is 0.239 e. The van der Waals surface area contributed by atoms with Gasteiger partial charge in [-0.2, -0.15) is 4.98 Å². The summed E-state index contributed by atoms with van der Waals surface area (Å²) in [4.78, 5) is 10.00. The molecule has 1 aromatic heterocycles. The van der Waals surface area contributed by atoms with Crippen LogP contribution in [0.15, 0.2) is 30.5 Å². The number of hydrazine groups is 1. The quantitative estimate of drug-likeness (QED) is 0.660. The number of anilines is 3. The molecule has 0 bridgehead atoms. The van der Waals surface area contributed by atoms with Crippen LogP contribution in [0.3, 0.4) is 0 Å². The van der Waals surface area contributed by atoms with E-state index < -0.39 is 0 Å². The molecule has 100 valence electrons. The Morgan fingerprint density at radius 1 is 1.32 bits per heavy atom. The molecule has 6 nitrogen and oxygen atoms in total. The molecule has 1 aromatic carbocycles. The summed E-state index contributed by atoms with van der Waals surface area (Å²) in [5, 5.41) is 0.442. The minimum atomic E-state index is 0.305. The van der Waals surface area contributed by atoms with E-state index in [1.807, 2.05) is 36.2 Å². The summed E-state index contributed by atoms with van der Waals surface area (Å²) in [6, 6.07) is 7.55. The Labute approximate surface area is 116 Å². The number of nitrogens with two attached hydrogens (primary N) is 1. The smallest absolute Gasteiger partial charge is 0.239 e. The molecule has 7 heteroatoms. The van der Waals surface area contributed by atoms with Gasteiger partial charge in [-0.1, -0.05) is 11.6 Å². The van der Waals surface area contributed by atoms with E-state index in [1.165, 1.54) is 6.20 Å². The third-order valence-corrected chi connectivity index (χ3v) is 2.90. The number of methoxy groups -OCH3 is 1. The van der Waals surface area contributed by atoms with Crippen molar-refractivity contribution in [3.63, 3.8) is 0 Å². The summed E-state index contributed by atoms with van der Waals surface area (Å²) >= 11 is 6.10. The summed E-state index contributed by atoms with van der Waals surface area (Å²) in [7, 11) is 3.48. The Kier molecular flexibility index (Phi) is 4.03. The lowest BCUT2D eigenvalue weighted by molar-refractivity contribution is 0.415. The van der Waals surface area contributed by atoms with Crippen molar-refractivity contribution in [2.45, 2.75) is 0 Å². The van der Waals surface area contributed by atoms with Gasteiger partial charge in [0.2, 0.25) is 5.95 Å². The standard InChI is InChI=1S/C12H14ClN5O/c1-18(8-3-5-9(19-2)6-4-8)11-10(13)7-15-12(16-11)17-14/h3-7H,14H2,1-2H3,(H,15,16,17). The lowest BCUT2D eigenvalue weighted by Crippen LogP contribution is -2.16. The van der Waals surface area contributed by atoms with Crippen molar-refractivity contribution < 1.29 is 4.74 Å². The highest BCUT2D eigenvalue weighted by Gasteiger charge is 2.11. The Bertz CT molecular complexity index is 561. The second-order valence-corrected chi connectivity index (χ2v) is 4.17. The minimum Gasteiger partial charge on any atom is -0.497 e. The molecule has 2 rings (SSSR count). The predicted octanol–water partition coefficient (Wildman–Crippen LogP) is 2.19. The summed E-state index contributed by atoms with van der Waals surface area (Å²) in [6.07, 6.45) is 1.50. The Hall–Kier alpha value is -2.05. The summed E-state index contributed by atoms with van der Waals surface area (Å²) in [6.45, 7) is 0. The largest absolute Gasteiger partial charge is 0.497 e. The van der Waals surface area contributed by atoms with Gasteiger partial charge < -0.3 is 9.64 Å². The highest BCUT2D eigenvalue weighted by molar-refractivity contribution is 6.33. The fraction of sp³-hybridized carbons (Fsp3) is 0.167. The third-order valence-electron chi connectivity index (χ3n) is 2.63. The molecule has 0 fully saturated rings. The van der Waals surface area contributed by atoms with Crippen LogP contribution < -0.4 is 20.9 Å². The van der Waals surface area contributed by atoms with Crippen LogP contribution in [0.1, 0.15) is 0 Å². The van der Waals surface area contributed by atoms with Crippen molar-refractivity contribution in [3.8, 4) is 5.75 Å². The number of rotatable bonds is 4. The van der Waals surface area contributed by atoms with E-state index in [9.17, 15) is 0 Å². The number of benzene rings is 1. The Morgan fingerprint density at radius 2 is 2.00 bits per heavy atom. The monoisotopic (exact) mass is 279 g/mol. The normalized spacial score (nSPS) is 10.1. The highest BCUT2D eigenvalue weighted by atomic mass is 35.5. The molecule has 0 saturated heterocycles. The van der Waals surface area contributed by atoms with E-state index in [-0.39, 0.29) is 0 Å². The van der Waals surface area contributed by atoms with Crippen LogP contribution in [0.4, 0.5) is 17.5 Å². The molecule has 0 atom stereocenters. The summed E-state index contributed by atoms with van der Waals surface area (Å²) < 4.78 is 5.12.